The number of methoxy groups -OCH3 is 2. The molecule has 5 heteroatoms. The summed E-state index contributed by atoms with van der Waals surface area (Å²) in [5, 5.41) is 2.53. The minimum absolute atomic E-state index is 0. The standard InChI is InChI=1S/C32H35NO3.ClH/c1-34-26-15-12-24(13-16-26)29-18-14-25-23-28(35-2)17-19-30(25)32(29)31-11-6-7-20-33(31)21-8-22-36-27-9-4-3-5-10-27;/h3-5,9-10,12-19,23,31H,6-8,11,20-22H2,1-2H3;1H. The van der Waals surface area contributed by atoms with Crippen LogP contribution in [0.2, 0.25) is 0 Å². The second-order valence-corrected chi connectivity index (χ2v) is 9.40. The lowest BCUT2D eigenvalue weighted by molar-refractivity contribution is 0.139. The largest absolute Gasteiger partial charge is 0.497 e. The van der Waals surface area contributed by atoms with Gasteiger partial charge in [0.15, 0.2) is 0 Å². The molecule has 1 fully saturated rings. The summed E-state index contributed by atoms with van der Waals surface area (Å²) >= 11 is 0. The van der Waals surface area contributed by atoms with Gasteiger partial charge in [-0.15, -0.1) is 12.4 Å². The van der Waals surface area contributed by atoms with Gasteiger partial charge >= 0.3 is 0 Å². The van der Waals surface area contributed by atoms with E-state index in [0.717, 1.165) is 49.8 Å². The fraction of sp³-hybridized carbons (Fsp3) is 0.312. The lowest BCUT2D eigenvalue weighted by Crippen LogP contribution is -2.35. The van der Waals surface area contributed by atoms with Crippen molar-refractivity contribution in [3.05, 3.63) is 90.5 Å². The van der Waals surface area contributed by atoms with Crippen LogP contribution in [-0.4, -0.2) is 38.8 Å². The number of rotatable bonds is 9. The van der Waals surface area contributed by atoms with Gasteiger partial charge in [0.1, 0.15) is 17.2 Å². The van der Waals surface area contributed by atoms with Crippen molar-refractivity contribution in [3.8, 4) is 28.4 Å². The minimum atomic E-state index is 0. The van der Waals surface area contributed by atoms with Crippen molar-refractivity contribution in [3.63, 3.8) is 0 Å². The Morgan fingerprint density at radius 3 is 2.30 bits per heavy atom. The molecule has 0 spiro atoms. The number of likely N-dealkylation sites (tertiary alicyclic amines) is 1. The smallest absolute Gasteiger partial charge is 0.119 e. The van der Waals surface area contributed by atoms with E-state index in [9.17, 15) is 0 Å². The Balaban J connectivity index is 0.00000320. The van der Waals surface area contributed by atoms with Crippen LogP contribution < -0.4 is 14.2 Å². The molecule has 1 unspecified atom stereocenters. The Morgan fingerprint density at radius 1 is 0.784 bits per heavy atom. The zero-order valence-electron chi connectivity index (χ0n) is 21.7. The van der Waals surface area contributed by atoms with Crippen molar-refractivity contribution in [1.29, 1.82) is 0 Å². The van der Waals surface area contributed by atoms with Crippen LogP contribution in [0.25, 0.3) is 21.9 Å². The van der Waals surface area contributed by atoms with E-state index in [0.29, 0.717) is 6.04 Å². The van der Waals surface area contributed by atoms with E-state index in [1.165, 1.54) is 40.3 Å². The third-order valence-electron chi connectivity index (χ3n) is 7.22. The van der Waals surface area contributed by atoms with Gasteiger partial charge in [-0.25, -0.2) is 0 Å². The van der Waals surface area contributed by atoms with E-state index < -0.39 is 0 Å². The summed E-state index contributed by atoms with van der Waals surface area (Å²) in [6.45, 7) is 2.86. The first-order valence-corrected chi connectivity index (χ1v) is 12.9. The molecule has 1 atom stereocenters. The first kappa shape index (κ1) is 26.8. The van der Waals surface area contributed by atoms with Crippen LogP contribution in [0.5, 0.6) is 17.2 Å². The molecular formula is C32H36ClNO3. The minimum Gasteiger partial charge on any atom is -0.497 e. The average Bonchev–Trinajstić information content (AvgIpc) is 2.95. The molecule has 4 aromatic rings. The Hall–Kier alpha value is -3.21. The Labute approximate surface area is 226 Å². The maximum atomic E-state index is 6.00. The second-order valence-electron chi connectivity index (χ2n) is 9.40. The SMILES string of the molecule is COc1ccc(-c2ccc3cc(OC)ccc3c2C2CCCCN2CCCOc2ccccc2)cc1.Cl. The van der Waals surface area contributed by atoms with Crippen LogP contribution in [0.1, 0.15) is 37.3 Å². The zero-order chi connectivity index (χ0) is 24.7. The first-order valence-electron chi connectivity index (χ1n) is 12.9. The summed E-state index contributed by atoms with van der Waals surface area (Å²) in [7, 11) is 3.44. The van der Waals surface area contributed by atoms with Gasteiger partial charge in [0, 0.05) is 12.6 Å². The molecule has 1 aliphatic rings. The Morgan fingerprint density at radius 2 is 1.54 bits per heavy atom. The summed E-state index contributed by atoms with van der Waals surface area (Å²) in [6, 6.07) is 29.9. The van der Waals surface area contributed by atoms with Crippen LogP contribution in [-0.2, 0) is 0 Å². The number of hydrogen-bond donors (Lipinski definition) is 0. The van der Waals surface area contributed by atoms with E-state index in [2.05, 4.69) is 59.5 Å². The average molecular weight is 518 g/mol. The second kappa shape index (κ2) is 12.8. The maximum absolute atomic E-state index is 6.00. The highest BCUT2D eigenvalue weighted by atomic mass is 35.5. The van der Waals surface area contributed by atoms with Crippen LogP contribution in [0, 0.1) is 0 Å². The molecule has 1 heterocycles. The van der Waals surface area contributed by atoms with Gasteiger partial charge in [-0.05, 0) is 89.7 Å². The summed E-state index contributed by atoms with van der Waals surface area (Å²) in [5.74, 6) is 2.71. The van der Waals surface area contributed by atoms with Gasteiger partial charge in [-0.1, -0.05) is 55.0 Å². The molecule has 4 aromatic carbocycles. The van der Waals surface area contributed by atoms with Crippen molar-refractivity contribution < 1.29 is 14.2 Å². The van der Waals surface area contributed by atoms with Gasteiger partial charge in [0.2, 0.25) is 0 Å². The molecule has 0 N–H and O–H groups in total. The highest BCUT2D eigenvalue weighted by Crippen LogP contribution is 2.42. The van der Waals surface area contributed by atoms with Crippen LogP contribution in [0.3, 0.4) is 0 Å². The molecule has 0 aliphatic carbocycles. The fourth-order valence-electron chi connectivity index (χ4n) is 5.40. The molecule has 37 heavy (non-hydrogen) atoms. The van der Waals surface area contributed by atoms with Gasteiger partial charge in [0.05, 0.1) is 20.8 Å². The molecule has 0 bridgehead atoms. The predicted octanol–water partition coefficient (Wildman–Crippen LogP) is 7.94. The fourth-order valence-corrected chi connectivity index (χ4v) is 5.40. The van der Waals surface area contributed by atoms with E-state index in [4.69, 9.17) is 14.2 Å². The number of ether oxygens (including phenoxy) is 3. The predicted molar refractivity (Wildman–Crippen MR) is 154 cm³/mol. The highest BCUT2D eigenvalue weighted by molar-refractivity contribution is 5.93. The lowest BCUT2D eigenvalue weighted by atomic mass is 9.85. The number of para-hydroxylation sites is 1. The third-order valence-corrected chi connectivity index (χ3v) is 7.22. The van der Waals surface area contributed by atoms with Crippen molar-refractivity contribution in [2.45, 2.75) is 31.7 Å². The summed E-state index contributed by atoms with van der Waals surface area (Å²) in [4.78, 5) is 2.67. The molecule has 5 rings (SSSR count). The van der Waals surface area contributed by atoms with Crippen molar-refractivity contribution >= 4 is 23.2 Å². The van der Waals surface area contributed by atoms with Crippen LogP contribution in [0.15, 0.2) is 84.9 Å². The molecule has 0 saturated carbocycles. The van der Waals surface area contributed by atoms with Gasteiger partial charge in [0.25, 0.3) is 0 Å². The number of halogens is 1. The first-order chi connectivity index (χ1) is 17.8. The Bertz CT molecular complexity index is 1280. The van der Waals surface area contributed by atoms with Gasteiger partial charge in [-0.2, -0.15) is 0 Å². The zero-order valence-corrected chi connectivity index (χ0v) is 22.5. The molecular weight excluding hydrogens is 482 g/mol. The van der Waals surface area contributed by atoms with Gasteiger partial charge < -0.3 is 14.2 Å². The van der Waals surface area contributed by atoms with E-state index in [1.54, 1.807) is 14.2 Å². The number of piperidine rings is 1. The molecule has 0 radical (unpaired) electrons. The van der Waals surface area contributed by atoms with Gasteiger partial charge in [-0.3, -0.25) is 4.90 Å². The topological polar surface area (TPSA) is 30.9 Å². The monoisotopic (exact) mass is 517 g/mol. The summed E-state index contributed by atoms with van der Waals surface area (Å²) in [6.07, 6.45) is 4.65. The lowest BCUT2D eigenvalue weighted by Gasteiger charge is -2.38. The van der Waals surface area contributed by atoms with E-state index in [-0.39, 0.29) is 12.4 Å². The van der Waals surface area contributed by atoms with E-state index >= 15 is 0 Å². The summed E-state index contributed by atoms with van der Waals surface area (Å²) in [5.41, 5.74) is 3.94. The van der Waals surface area contributed by atoms with E-state index in [1.807, 2.05) is 30.3 Å². The molecule has 0 amide bonds. The summed E-state index contributed by atoms with van der Waals surface area (Å²) < 4.78 is 16.9. The number of nitrogens with zero attached hydrogens (tertiary/aromatic N) is 1. The number of benzene rings is 4. The highest BCUT2D eigenvalue weighted by Gasteiger charge is 2.27. The Kier molecular flexibility index (Phi) is 9.32. The quantitative estimate of drug-likeness (QED) is 0.211. The normalized spacial score (nSPS) is 15.7. The van der Waals surface area contributed by atoms with Crippen LogP contribution in [0.4, 0.5) is 0 Å². The number of hydrogen-bond acceptors (Lipinski definition) is 4. The number of fused-ring (bicyclic) bond motifs is 1. The van der Waals surface area contributed by atoms with Crippen LogP contribution >= 0.6 is 12.4 Å². The third kappa shape index (κ3) is 6.20. The van der Waals surface area contributed by atoms with Crippen molar-refractivity contribution in [2.24, 2.45) is 0 Å². The maximum Gasteiger partial charge on any atom is 0.119 e. The molecule has 1 saturated heterocycles. The molecule has 0 aromatic heterocycles. The molecule has 194 valence electrons. The van der Waals surface area contributed by atoms with Crippen molar-refractivity contribution in [2.75, 3.05) is 33.9 Å². The van der Waals surface area contributed by atoms with Crippen molar-refractivity contribution in [1.82, 2.24) is 4.90 Å². The molecule has 1 aliphatic heterocycles. The molecule has 4 nitrogen and oxygen atoms in total.